The van der Waals surface area contributed by atoms with Crippen molar-refractivity contribution in [2.24, 2.45) is 0 Å². The number of hydrogen-bond donors (Lipinski definition) is 1. The van der Waals surface area contributed by atoms with E-state index in [0.29, 0.717) is 17.4 Å². The minimum absolute atomic E-state index is 0.0811. The average molecular weight is 339 g/mol. The molecule has 15 heavy (non-hydrogen) atoms. The number of hydrogen-bond acceptors (Lipinski definition) is 2. The fourth-order valence-corrected chi connectivity index (χ4v) is 2.38. The first-order valence-electron chi connectivity index (χ1n) is 4.57. The number of aliphatic hydroxyl groups is 1. The van der Waals surface area contributed by atoms with Crippen molar-refractivity contribution >= 4 is 31.9 Å². The van der Waals surface area contributed by atoms with Gasteiger partial charge in [-0.15, -0.1) is 0 Å². The second kappa shape index (κ2) is 4.80. The van der Waals surface area contributed by atoms with E-state index in [0.717, 1.165) is 4.47 Å². The molecule has 0 aromatic carbocycles. The Labute approximate surface area is 105 Å². The van der Waals surface area contributed by atoms with E-state index in [9.17, 15) is 9.90 Å². The molecule has 1 heterocycles. The van der Waals surface area contributed by atoms with Crippen molar-refractivity contribution in [2.75, 3.05) is 0 Å². The molecule has 1 aromatic rings. The van der Waals surface area contributed by atoms with Crippen LogP contribution < -0.4 is 5.56 Å². The average Bonchev–Trinajstić information content (AvgIpc) is 2.07. The summed E-state index contributed by atoms with van der Waals surface area (Å²) in [5.41, 5.74) is -0.837. The number of aromatic nitrogens is 1. The van der Waals surface area contributed by atoms with Gasteiger partial charge in [-0.2, -0.15) is 0 Å². The number of nitrogens with zero attached hydrogens (tertiary/aromatic N) is 1. The molecule has 0 radical (unpaired) electrons. The second-order valence-electron chi connectivity index (χ2n) is 4.07. The van der Waals surface area contributed by atoms with Gasteiger partial charge in [0.05, 0.1) is 10.1 Å². The molecular formula is C10H13Br2NO2. The third kappa shape index (κ3) is 4.09. The highest BCUT2D eigenvalue weighted by Crippen LogP contribution is 2.14. The van der Waals surface area contributed by atoms with Crippen LogP contribution in [0.2, 0.25) is 0 Å². The van der Waals surface area contributed by atoms with Crippen molar-refractivity contribution in [3.8, 4) is 0 Å². The first-order valence-corrected chi connectivity index (χ1v) is 6.16. The maximum atomic E-state index is 11.7. The van der Waals surface area contributed by atoms with Crippen molar-refractivity contribution in [3.63, 3.8) is 0 Å². The molecular weight excluding hydrogens is 326 g/mol. The molecule has 0 aliphatic heterocycles. The van der Waals surface area contributed by atoms with Crippen molar-refractivity contribution < 1.29 is 5.11 Å². The van der Waals surface area contributed by atoms with Gasteiger partial charge in [0, 0.05) is 17.2 Å². The third-order valence-corrected chi connectivity index (χ3v) is 2.98. The van der Waals surface area contributed by atoms with Crippen LogP contribution in [0.5, 0.6) is 0 Å². The van der Waals surface area contributed by atoms with Crippen LogP contribution in [0.4, 0.5) is 0 Å². The smallest absolute Gasteiger partial charge is 0.264 e. The molecule has 0 saturated heterocycles. The summed E-state index contributed by atoms with van der Waals surface area (Å²) in [7, 11) is 0. The number of halogens is 2. The van der Waals surface area contributed by atoms with Crippen LogP contribution in [0.1, 0.15) is 20.3 Å². The maximum absolute atomic E-state index is 11.7. The summed E-state index contributed by atoms with van der Waals surface area (Å²) >= 11 is 6.51. The van der Waals surface area contributed by atoms with Crippen molar-refractivity contribution in [1.29, 1.82) is 0 Å². The Morgan fingerprint density at radius 2 is 2.07 bits per heavy atom. The lowest BCUT2D eigenvalue weighted by molar-refractivity contribution is 0.0659. The van der Waals surface area contributed by atoms with Gasteiger partial charge in [0.1, 0.15) is 0 Å². The van der Waals surface area contributed by atoms with Crippen LogP contribution in [0.3, 0.4) is 0 Å². The summed E-state index contributed by atoms with van der Waals surface area (Å²) in [5.74, 6) is 0. The lowest BCUT2D eigenvalue weighted by atomic mass is 10.1. The van der Waals surface area contributed by atoms with E-state index in [1.54, 1.807) is 30.7 Å². The number of rotatable bonds is 3. The lowest BCUT2D eigenvalue weighted by Crippen LogP contribution is -2.26. The first-order chi connectivity index (χ1) is 6.79. The molecule has 0 aliphatic rings. The zero-order valence-corrected chi connectivity index (χ0v) is 11.8. The van der Waals surface area contributed by atoms with E-state index >= 15 is 0 Å². The Bertz CT molecular complexity index is 407. The number of pyridine rings is 1. The van der Waals surface area contributed by atoms with Crippen LogP contribution in [0, 0.1) is 0 Å². The van der Waals surface area contributed by atoms with E-state index in [2.05, 4.69) is 31.9 Å². The summed E-state index contributed by atoms with van der Waals surface area (Å²) in [6, 6.07) is 1.71. The summed E-state index contributed by atoms with van der Waals surface area (Å²) in [5, 5.41) is 9.57. The normalized spacial score (nSPS) is 11.8. The van der Waals surface area contributed by atoms with Crippen LogP contribution in [0.25, 0.3) is 0 Å². The minimum atomic E-state index is -0.756. The van der Waals surface area contributed by atoms with E-state index in [1.165, 1.54) is 0 Å². The van der Waals surface area contributed by atoms with Crippen LogP contribution in [-0.4, -0.2) is 15.3 Å². The highest BCUT2D eigenvalue weighted by Gasteiger charge is 2.13. The van der Waals surface area contributed by atoms with E-state index < -0.39 is 5.60 Å². The Hall–Kier alpha value is -0.130. The third-order valence-electron chi connectivity index (χ3n) is 1.97. The molecule has 84 valence electrons. The van der Waals surface area contributed by atoms with Gasteiger partial charge in [0.2, 0.25) is 0 Å². The number of aryl methyl sites for hydroxylation is 1. The minimum Gasteiger partial charge on any atom is -0.390 e. The lowest BCUT2D eigenvalue weighted by Gasteiger charge is -2.17. The highest BCUT2D eigenvalue weighted by molar-refractivity contribution is 9.11. The first kappa shape index (κ1) is 12.9. The summed E-state index contributed by atoms with van der Waals surface area (Å²) < 4.78 is 2.93. The van der Waals surface area contributed by atoms with Gasteiger partial charge in [-0.25, -0.2) is 0 Å². The van der Waals surface area contributed by atoms with E-state index in [1.807, 2.05) is 0 Å². The molecule has 0 bridgehead atoms. The molecule has 1 rings (SSSR count). The largest absolute Gasteiger partial charge is 0.390 e. The predicted molar refractivity (Wildman–Crippen MR) is 67.0 cm³/mol. The second-order valence-corrected chi connectivity index (χ2v) is 5.84. The fourth-order valence-electron chi connectivity index (χ4n) is 1.12. The molecule has 3 nitrogen and oxygen atoms in total. The van der Waals surface area contributed by atoms with Gasteiger partial charge in [-0.3, -0.25) is 4.79 Å². The Balaban J connectivity index is 2.91. The molecule has 1 N–H and O–H groups in total. The van der Waals surface area contributed by atoms with E-state index in [4.69, 9.17) is 0 Å². The molecule has 0 saturated carbocycles. The Kier molecular flexibility index (Phi) is 4.14. The monoisotopic (exact) mass is 337 g/mol. The van der Waals surface area contributed by atoms with Gasteiger partial charge < -0.3 is 9.67 Å². The molecule has 0 aliphatic carbocycles. The van der Waals surface area contributed by atoms with Crippen LogP contribution >= 0.6 is 31.9 Å². The van der Waals surface area contributed by atoms with E-state index in [-0.39, 0.29) is 5.56 Å². The Morgan fingerprint density at radius 1 is 1.47 bits per heavy atom. The standard InChI is InChI=1S/C10H13Br2NO2/c1-10(2,15)3-4-13-6-7(11)5-8(12)9(13)14/h5-6,15H,3-4H2,1-2H3. The summed E-state index contributed by atoms with van der Waals surface area (Å²) in [4.78, 5) is 11.7. The van der Waals surface area contributed by atoms with Crippen LogP contribution in [0.15, 0.2) is 26.0 Å². The van der Waals surface area contributed by atoms with Gasteiger partial charge in [-0.1, -0.05) is 0 Å². The van der Waals surface area contributed by atoms with Crippen LogP contribution in [-0.2, 0) is 6.54 Å². The topological polar surface area (TPSA) is 42.2 Å². The highest BCUT2D eigenvalue weighted by atomic mass is 79.9. The molecule has 0 atom stereocenters. The molecule has 0 unspecified atom stereocenters. The molecule has 5 heteroatoms. The van der Waals surface area contributed by atoms with Gasteiger partial charge >= 0.3 is 0 Å². The van der Waals surface area contributed by atoms with Crippen molar-refractivity contribution in [1.82, 2.24) is 4.57 Å². The molecule has 0 amide bonds. The van der Waals surface area contributed by atoms with Gasteiger partial charge in [0.15, 0.2) is 0 Å². The predicted octanol–water partition coefficient (Wildman–Crippen LogP) is 2.53. The summed E-state index contributed by atoms with van der Waals surface area (Å²) in [6.07, 6.45) is 2.26. The quantitative estimate of drug-likeness (QED) is 0.920. The molecule has 1 aromatic heterocycles. The fraction of sp³-hybridized carbons (Fsp3) is 0.500. The van der Waals surface area contributed by atoms with Crippen molar-refractivity contribution in [2.45, 2.75) is 32.4 Å². The van der Waals surface area contributed by atoms with Crippen molar-refractivity contribution in [3.05, 3.63) is 31.6 Å². The van der Waals surface area contributed by atoms with Gasteiger partial charge in [-0.05, 0) is 58.2 Å². The molecule has 0 spiro atoms. The Morgan fingerprint density at radius 3 is 2.60 bits per heavy atom. The van der Waals surface area contributed by atoms with Gasteiger partial charge in [0.25, 0.3) is 5.56 Å². The SMILES string of the molecule is CC(C)(O)CCn1cc(Br)cc(Br)c1=O. The summed E-state index contributed by atoms with van der Waals surface area (Å²) in [6.45, 7) is 3.95. The zero-order valence-electron chi connectivity index (χ0n) is 8.63. The maximum Gasteiger partial charge on any atom is 0.264 e. The zero-order chi connectivity index (χ0) is 11.6. The molecule has 0 fully saturated rings.